The minimum atomic E-state index is 0.489. The molecule has 142 valence electrons. The van der Waals surface area contributed by atoms with E-state index in [0.29, 0.717) is 24.0 Å². The number of aromatic nitrogens is 4. The lowest BCUT2D eigenvalue weighted by atomic mass is 10.3. The van der Waals surface area contributed by atoms with Crippen molar-refractivity contribution in [3.05, 3.63) is 91.0 Å². The van der Waals surface area contributed by atoms with E-state index in [0.717, 1.165) is 22.5 Å². The summed E-state index contributed by atoms with van der Waals surface area (Å²) in [4.78, 5) is 9.38. The first-order valence-electron chi connectivity index (χ1n) is 9.26. The van der Waals surface area contributed by atoms with E-state index in [2.05, 4.69) is 20.7 Å². The highest BCUT2D eigenvalue weighted by atomic mass is 16.3. The van der Waals surface area contributed by atoms with Crippen LogP contribution in [0.1, 0.15) is 5.76 Å². The Hall–Kier alpha value is -4.13. The molecule has 29 heavy (non-hydrogen) atoms. The van der Waals surface area contributed by atoms with Gasteiger partial charge in [0.2, 0.25) is 5.95 Å². The summed E-state index contributed by atoms with van der Waals surface area (Å²) in [6, 6.07) is 23.6. The molecule has 0 atom stereocenters. The number of benzene rings is 2. The van der Waals surface area contributed by atoms with Crippen molar-refractivity contribution in [2.45, 2.75) is 6.54 Å². The number of nitrogens with one attached hydrogen (secondary N) is 2. The first-order chi connectivity index (χ1) is 14.4. The molecule has 0 bridgehead atoms. The van der Waals surface area contributed by atoms with Gasteiger partial charge < -0.3 is 15.1 Å². The maximum absolute atomic E-state index is 5.40. The van der Waals surface area contributed by atoms with Crippen LogP contribution in [-0.4, -0.2) is 19.7 Å². The van der Waals surface area contributed by atoms with Crippen LogP contribution in [0.15, 0.2) is 89.7 Å². The molecule has 0 spiro atoms. The first-order valence-corrected chi connectivity index (χ1v) is 9.26. The summed E-state index contributed by atoms with van der Waals surface area (Å²) in [5.41, 5.74) is 2.59. The zero-order valence-electron chi connectivity index (χ0n) is 15.5. The van der Waals surface area contributed by atoms with Gasteiger partial charge >= 0.3 is 0 Å². The molecule has 3 heterocycles. The van der Waals surface area contributed by atoms with E-state index in [1.807, 2.05) is 77.5 Å². The van der Waals surface area contributed by atoms with E-state index in [-0.39, 0.29) is 0 Å². The van der Waals surface area contributed by atoms with Gasteiger partial charge in [-0.2, -0.15) is 15.1 Å². The smallest absolute Gasteiger partial charge is 0.227 e. The van der Waals surface area contributed by atoms with Gasteiger partial charge in [-0.1, -0.05) is 36.4 Å². The lowest BCUT2D eigenvalue weighted by Gasteiger charge is -2.10. The third-order valence-electron chi connectivity index (χ3n) is 4.47. The Balaban J connectivity index is 1.58. The van der Waals surface area contributed by atoms with Crippen molar-refractivity contribution in [2.24, 2.45) is 0 Å². The molecule has 0 unspecified atom stereocenters. The van der Waals surface area contributed by atoms with Crippen LogP contribution < -0.4 is 10.6 Å². The molecule has 0 saturated carbocycles. The maximum Gasteiger partial charge on any atom is 0.227 e. The van der Waals surface area contributed by atoms with Gasteiger partial charge in [0.05, 0.1) is 30.1 Å². The summed E-state index contributed by atoms with van der Waals surface area (Å²) in [5.74, 6) is 1.98. The summed E-state index contributed by atoms with van der Waals surface area (Å²) < 4.78 is 7.21. The fraction of sp³-hybridized carbons (Fsp3) is 0.0455. The van der Waals surface area contributed by atoms with Gasteiger partial charge in [-0.15, -0.1) is 0 Å². The number of anilines is 3. The molecule has 0 radical (unpaired) electrons. The molecule has 0 aliphatic carbocycles. The Morgan fingerprint density at radius 2 is 1.66 bits per heavy atom. The minimum Gasteiger partial charge on any atom is -0.467 e. The summed E-state index contributed by atoms with van der Waals surface area (Å²) in [6.07, 6.45) is 3.43. The molecule has 0 aliphatic heterocycles. The maximum atomic E-state index is 5.40. The Morgan fingerprint density at radius 3 is 2.41 bits per heavy atom. The second-order valence-corrected chi connectivity index (χ2v) is 6.45. The summed E-state index contributed by atoms with van der Waals surface area (Å²) in [6.45, 7) is 0.489. The monoisotopic (exact) mass is 382 g/mol. The average Bonchev–Trinajstić information content (AvgIpc) is 3.44. The van der Waals surface area contributed by atoms with Crippen LogP contribution in [0.4, 0.5) is 17.5 Å². The van der Waals surface area contributed by atoms with Gasteiger partial charge in [0.15, 0.2) is 5.65 Å². The van der Waals surface area contributed by atoms with Gasteiger partial charge in [-0.25, -0.2) is 4.68 Å². The van der Waals surface area contributed by atoms with Gasteiger partial charge in [0.25, 0.3) is 0 Å². The summed E-state index contributed by atoms with van der Waals surface area (Å²) in [7, 11) is 0. The van der Waals surface area contributed by atoms with Gasteiger partial charge in [-0.3, -0.25) is 0 Å². The number of furan rings is 1. The van der Waals surface area contributed by atoms with Crippen LogP contribution in [0.3, 0.4) is 0 Å². The number of rotatable bonds is 6. The average molecular weight is 382 g/mol. The first kappa shape index (κ1) is 17.0. The predicted molar refractivity (Wildman–Crippen MR) is 112 cm³/mol. The van der Waals surface area contributed by atoms with Crippen molar-refractivity contribution < 1.29 is 4.42 Å². The Labute approximate surface area is 167 Å². The van der Waals surface area contributed by atoms with Gasteiger partial charge in [0.1, 0.15) is 11.6 Å². The van der Waals surface area contributed by atoms with Crippen molar-refractivity contribution in [3.8, 4) is 5.69 Å². The van der Waals surface area contributed by atoms with Crippen molar-refractivity contribution in [3.63, 3.8) is 0 Å². The van der Waals surface area contributed by atoms with Gasteiger partial charge in [0, 0.05) is 5.69 Å². The van der Waals surface area contributed by atoms with Crippen LogP contribution in [0.5, 0.6) is 0 Å². The Bertz CT molecular complexity index is 1220. The standard InChI is InChI=1S/C22H18N6O/c1-3-8-16(9-4-1)25-20-19-15-24-28(17-10-5-2-6-11-17)21(19)27-22(26-20)23-14-18-12-7-13-29-18/h1-13,15H,14H2,(H2,23,25,26,27). The number of hydrogen-bond acceptors (Lipinski definition) is 6. The second kappa shape index (κ2) is 7.47. The van der Waals surface area contributed by atoms with Crippen LogP contribution in [0, 0.1) is 0 Å². The molecule has 0 aliphatic rings. The zero-order valence-corrected chi connectivity index (χ0v) is 15.5. The fourth-order valence-electron chi connectivity index (χ4n) is 3.08. The topological polar surface area (TPSA) is 80.8 Å². The second-order valence-electron chi connectivity index (χ2n) is 6.45. The Kier molecular flexibility index (Phi) is 4.38. The normalized spacial score (nSPS) is 10.9. The van der Waals surface area contributed by atoms with Crippen LogP contribution in [0.25, 0.3) is 16.7 Å². The third kappa shape index (κ3) is 3.53. The highest BCUT2D eigenvalue weighted by Gasteiger charge is 2.14. The van der Waals surface area contributed by atoms with E-state index in [1.54, 1.807) is 12.5 Å². The molecule has 5 rings (SSSR count). The lowest BCUT2D eigenvalue weighted by molar-refractivity contribution is 0.517. The van der Waals surface area contributed by atoms with E-state index in [1.165, 1.54) is 0 Å². The highest BCUT2D eigenvalue weighted by molar-refractivity contribution is 5.90. The summed E-state index contributed by atoms with van der Waals surface area (Å²) >= 11 is 0. The molecule has 7 heteroatoms. The van der Waals surface area contributed by atoms with E-state index < -0.39 is 0 Å². The van der Waals surface area contributed by atoms with Gasteiger partial charge in [-0.05, 0) is 36.4 Å². The lowest BCUT2D eigenvalue weighted by Crippen LogP contribution is -2.07. The molecule has 3 aromatic heterocycles. The van der Waals surface area contributed by atoms with E-state index >= 15 is 0 Å². The molecule has 7 nitrogen and oxygen atoms in total. The van der Waals surface area contributed by atoms with Crippen LogP contribution in [-0.2, 0) is 6.54 Å². The molecule has 0 saturated heterocycles. The van der Waals surface area contributed by atoms with Crippen LogP contribution >= 0.6 is 0 Å². The van der Waals surface area contributed by atoms with Crippen molar-refractivity contribution in [1.29, 1.82) is 0 Å². The summed E-state index contributed by atoms with van der Waals surface area (Å²) in [5, 5.41) is 12.0. The molecular formula is C22H18N6O. The van der Waals surface area contributed by atoms with Crippen molar-refractivity contribution in [1.82, 2.24) is 19.7 Å². The van der Waals surface area contributed by atoms with Crippen molar-refractivity contribution >= 4 is 28.5 Å². The molecule has 5 aromatic rings. The minimum absolute atomic E-state index is 0.489. The highest BCUT2D eigenvalue weighted by Crippen LogP contribution is 2.27. The van der Waals surface area contributed by atoms with Crippen LogP contribution in [0.2, 0.25) is 0 Å². The SMILES string of the molecule is c1ccc(Nc2nc(NCc3ccco3)nc3c2cnn3-c2ccccc2)cc1. The fourth-order valence-corrected chi connectivity index (χ4v) is 3.08. The number of fused-ring (bicyclic) bond motifs is 1. The molecular weight excluding hydrogens is 364 g/mol. The quantitative estimate of drug-likeness (QED) is 0.440. The number of nitrogens with zero attached hydrogens (tertiary/aromatic N) is 4. The molecule has 0 fully saturated rings. The molecule has 2 N–H and O–H groups in total. The zero-order chi connectivity index (χ0) is 19.5. The number of hydrogen-bond donors (Lipinski definition) is 2. The van der Waals surface area contributed by atoms with E-state index in [4.69, 9.17) is 9.40 Å². The third-order valence-corrected chi connectivity index (χ3v) is 4.47. The Morgan fingerprint density at radius 1 is 0.862 bits per heavy atom. The largest absolute Gasteiger partial charge is 0.467 e. The predicted octanol–water partition coefficient (Wildman–Crippen LogP) is 4.76. The molecule has 2 aromatic carbocycles. The number of para-hydroxylation sites is 2. The van der Waals surface area contributed by atoms with E-state index in [9.17, 15) is 0 Å². The van der Waals surface area contributed by atoms with Crippen molar-refractivity contribution in [2.75, 3.05) is 10.6 Å². The molecule has 0 amide bonds.